The molecular formula is C21H31N5O4. The van der Waals surface area contributed by atoms with Crippen LogP contribution in [0.2, 0.25) is 0 Å². The lowest BCUT2D eigenvalue weighted by Crippen LogP contribution is -2.58. The van der Waals surface area contributed by atoms with Gasteiger partial charge in [0, 0.05) is 46.5 Å². The van der Waals surface area contributed by atoms with Crippen LogP contribution in [0, 0.1) is 0 Å². The zero-order chi connectivity index (χ0) is 21.7. The number of nitrogens with one attached hydrogen (secondary N) is 1. The molecule has 0 aromatic heterocycles. The van der Waals surface area contributed by atoms with E-state index in [-0.39, 0.29) is 24.4 Å². The molecule has 2 fully saturated rings. The predicted molar refractivity (Wildman–Crippen MR) is 113 cm³/mol. The Kier molecular flexibility index (Phi) is 6.81. The van der Waals surface area contributed by atoms with Gasteiger partial charge in [-0.2, -0.15) is 0 Å². The minimum absolute atomic E-state index is 0.00791. The summed E-state index contributed by atoms with van der Waals surface area (Å²) in [5, 5.41) is 2.78. The van der Waals surface area contributed by atoms with Crippen molar-refractivity contribution in [1.29, 1.82) is 0 Å². The van der Waals surface area contributed by atoms with Gasteiger partial charge in [-0.05, 0) is 25.0 Å². The van der Waals surface area contributed by atoms with E-state index in [2.05, 4.69) is 10.2 Å². The number of rotatable bonds is 6. The number of piperidine rings is 1. The maximum Gasteiger partial charge on any atom is 0.319 e. The molecule has 0 atom stereocenters. The molecule has 2 aliphatic rings. The molecule has 2 saturated heterocycles. The van der Waals surface area contributed by atoms with Crippen molar-refractivity contribution in [3.8, 4) is 0 Å². The van der Waals surface area contributed by atoms with E-state index in [0.717, 1.165) is 5.69 Å². The molecule has 1 aromatic carbocycles. The molecule has 4 amide bonds. The number of likely N-dealkylation sites (tertiary alicyclic amines) is 1. The van der Waals surface area contributed by atoms with Gasteiger partial charge in [0.1, 0.15) is 12.1 Å². The van der Waals surface area contributed by atoms with E-state index in [4.69, 9.17) is 4.74 Å². The number of carbonyl (C=O) groups excluding carboxylic acids is 3. The number of methoxy groups -OCH3 is 1. The number of hydrogen-bond donors (Lipinski definition) is 1. The number of para-hydroxylation sites is 1. The number of nitrogens with zero attached hydrogens (tertiary/aromatic N) is 4. The van der Waals surface area contributed by atoms with E-state index >= 15 is 0 Å². The zero-order valence-electron chi connectivity index (χ0n) is 18.0. The Morgan fingerprint density at radius 3 is 2.43 bits per heavy atom. The summed E-state index contributed by atoms with van der Waals surface area (Å²) in [7, 11) is 5.03. The average Bonchev–Trinajstić information content (AvgIpc) is 3.00. The summed E-state index contributed by atoms with van der Waals surface area (Å²) in [6.45, 7) is 2.19. The standard InChI is InChI=1S/C21H31N5O4/c1-23(2)20(29)24-12-9-21(10-13-24)19(28)25(15-18(27)22-11-14-30-3)16-26(21)17-7-5-4-6-8-17/h4-8H,9-16H2,1-3H3,(H,22,27). The number of carbonyl (C=O) groups is 3. The van der Waals surface area contributed by atoms with Crippen LogP contribution in [0.3, 0.4) is 0 Å². The van der Waals surface area contributed by atoms with Crippen LogP contribution in [0.1, 0.15) is 12.8 Å². The third-order valence-corrected chi connectivity index (χ3v) is 5.79. The highest BCUT2D eigenvalue weighted by Gasteiger charge is 2.54. The number of anilines is 1. The van der Waals surface area contributed by atoms with Gasteiger partial charge in [-0.3, -0.25) is 9.59 Å². The number of benzene rings is 1. The SMILES string of the molecule is COCCNC(=O)CN1CN(c2ccccc2)C2(CCN(C(=O)N(C)C)CC2)C1=O. The van der Waals surface area contributed by atoms with Crippen LogP contribution >= 0.6 is 0 Å². The van der Waals surface area contributed by atoms with Gasteiger partial charge < -0.3 is 29.7 Å². The third-order valence-electron chi connectivity index (χ3n) is 5.79. The molecule has 9 nitrogen and oxygen atoms in total. The van der Waals surface area contributed by atoms with Crippen molar-refractivity contribution in [3.05, 3.63) is 30.3 Å². The maximum absolute atomic E-state index is 13.5. The zero-order valence-corrected chi connectivity index (χ0v) is 18.0. The first-order valence-electron chi connectivity index (χ1n) is 10.2. The monoisotopic (exact) mass is 417 g/mol. The molecule has 9 heteroatoms. The van der Waals surface area contributed by atoms with Crippen LogP contribution in [0.25, 0.3) is 0 Å². The number of amides is 4. The van der Waals surface area contributed by atoms with E-state index in [0.29, 0.717) is 45.8 Å². The Hall–Kier alpha value is -2.81. The molecule has 2 aliphatic heterocycles. The lowest BCUT2D eigenvalue weighted by Gasteiger charge is -2.43. The van der Waals surface area contributed by atoms with Crippen molar-refractivity contribution < 1.29 is 19.1 Å². The second-order valence-corrected chi connectivity index (χ2v) is 7.95. The van der Waals surface area contributed by atoms with E-state index in [1.165, 1.54) is 0 Å². The summed E-state index contributed by atoms with van der Waals surface area (Å²) in [4.78, 5) is 45.2. The van der Waals surface area contributed by atoms with Gasteiger partial charge in [-0.15, -0.1) is 0 Å². The van der Waals surface area contributed by atoms with E-state index in [1.54, 1.807) is 35.9 Å². The molecule has 0 unspecified atom stereocenters. The Morgan fingerprint density at radius 2 is 1.83 bits per heavy atom. The normalized spacial score (nSPS) is 18.1. The molecular weight excluding hydrogens is 386 g/mol. The van der Waals surface area contributed by atoms with Crippen LogP contribution in [0.15, 0.2) is 30.3 Å². The molecule has 1 spiro atoms. The summed E-state index contributed by atoms with van der Waals surface area (Å²) in [6.07, 6.45) is 1.06. The van der Waals surface area contributed by atoms with Gasteiger partial charge in [-0.25, -0.2) is 4.79 Å². The Bertz CT molecular complexity index is 762. The van der Waals surface area contributed by atoms with Gasteiger partial charge in [0.25, 0.3) is 5.91 Å². The summed E-state index contributed by atoms with van der Waals surface area (Å²) in [6, 6.07) is 9.74. The number of urea groups is 1. The molecule has 1 N–H and O–H groups in total. The second kappa shape index (κ2) is 9.34. The average molecular weight is 418 g/mol. The first-order valence-corrected chi connectivity index (χ1v) is 10.2. The Morgan fingerprint density at radius 1 is 1.17 bits per heavy atom. The Balaban J connectivity index is 1.78. The fourth-order valence-electron chi connectivity index (χ4n) is 4.19. The molecule has 2 heterocycles. The van der Waals surface area contributed by atoms with Gasteiger partial charge in [0.2, 0.25) is 5.91 Å². The minimum atomic E-state index is -0.739. The van der Waals surface area contributed by atoms with E-state index in [1.807, 2.05) is 30.3 Å². The molecule has 30 heavy (non-hydrogen) atoms. The molecule has 0 radical (unpaired) electrons. The summed E-state index contributed by atoms with van der Waals surface area (Å²) < 4.78 is 4.96. The first kappa shape index (κ1) is 21.9. The fourth-order valence-corrected chi connectivity index (χ4v) is 4.19. The van der Waals surface area contributed by atoms with Crippen molar-refractivity contribution in [2.24, 2.45) is 0 Å². The number of hydrogen-bond acceptors (Lipinski definition) is 5. The van der Waals surface area contributed by atoms with Crippen molar-refractivity contribution in [1.82, 2.24) is 20.0 Å². The largest absolute Gasteiger partial charge is 0.383 e. The van der Waals surface area contributed by atoms with Crippen molar-refractivity contribution in [3.63, 3.8) is 0 Å². The molecule has 0 aliphatic carbocycles. The van der Waals surface area contributed by atoms with Crippen LogP contribution < -0.4 is 10.2 Å². The van der Waals surface area contributed by atoms with Crippen LogP contribution in [0.5, 0.6) is 0 Å². The quantitative estimate of drug-likeness (QED) is 0.684. The first-order chi connectivity index (χ1) is 14.4. The highest BCUT2D eigenvalue weighted by atomic mass is 16.5. The van der Waals surface area contributed by atoms with Crippen LogP contribution in [-0.4, -0.2) is 98.7 Å². The Labute approximate surface area is 177 Å². The van der Waals surface area contributed by atoms with Gasteiger partial charge in [-0.1, -0.05) is 18.2 Å². The lowest BCUT2D eigenvalue weighted by molar-refractivity contribution is -0.137. The van der Waals surface area contributed by atoms with Gasteiger partial charge >= 0.3 is 6.03 Å². The third kappa shape index (κ3) is 4.35. The van der Waals surface area contributed by atoms with E-state index < -0.39 is 5.54 Å². The minimum Gasteiger partial charge on any atom is -0.383 e. The number of ether oxygens (including phenoxy) is 1. The highest BCUT2D eigenvalue weighted by Crippen LogP contribution is 2.39. The molecule has 164 valence electrons. The molecule has 1 aromatic rings. The predicted octanol–water partition coefficient (Wildman–Crippen LogP) is 0.572. The van der Waals surface area contributed by atoms with Crippen molar-refractivity contribution >= 4 is 23.5 Å². The van der Waals surface area contributed by atoms with Gasteiger partial charge in [0.15, 0.2) is 0 Å². The maximum atomic E-state index is 13.5. The summed E-state index contributed by atoms with van der Waals surface area (Å²) >= 11 is 0. The topological polar surface area (TPSA) is 85.4 Å². The molecule has 0 bridgehead atoms. The lowest BCUT2D eigenvalue weighted by atomic mass is 9.85. The van der Waals surface area contributed by atoms with Crippen LogP contribution in [-0.2, 0) is 14.3 Å². The highest BCUT2D eigenvalue weighted by molar-refractivity contribution is 5.96. The van der Waals surface area contributed by atoms with Crippen LogP contribution in [0.4, 0.5) is 10.5 Å². The second-order valence-electron chi connectivity index (χ2n) is 7.95. The van der Waals surface area contributed by atoms with E-state index in [9.17, 15) is 14.4 Å². The molecule has 0 saturated carbocycles. The van der Waals surface area contributed by atoms with Gasteiger partial charge in [0.05, 0.1) is 13.3 Å². The summed E-state index contributed by atoms with van der Waals surface area (Å²) in [5.41, 5.74) is 0.206. The fraction of sp³-hybridized carbons (Fsp3) is 0.571. The molecule has 3 rings (SSSR count). The van der Waals surface area contributed by atoms with Crippen molar-refractivity contribution in [2.75, 3.05) is 65.6 Å². The summed E-state index contributed by atoms with van der Waals surface area (Å²) in [5.74, 6) is -0.254. The van der Waals surface area contributed by atoms with Crippen molar-refractivity contribution in [2.45, 2.75) is 18.4 Å². The smallest absolute Gasteiger partial charge is 0.319 e.